The van der Waals surface area contributed by atoms with Crippen LogP contribution in [0, 0.1) is 40.9 Å². The number of hydrogen-bond acceptors (Lipinski definition) is 7. The fourth-order valence-electron chi connectivity index (χ4n) is 8.96. The molecular formula is C35H46O7S. The minimum Gasteiger partial charge on any atom is -0.460 e. The molecule has 2 bridgehead atoms. The van der Waals surface area contributed by atoms with E-state index in [9.17, 15) is 18.0 Å². The Morgan fingerprint density at radius 2 is 1.63 bits per heavy atom. The highest BCUT2D eigenvalue weighted by Gasteiger charge is 2.68. The minimum atomic E-state index is -4.15. The first-order valence-corrected chi connectivity index (χ1v) is 16.9. The van der Waals surface area contributed by atoms with Gasteiger partial charge < -0.3 is 9.47 Å². The van der Waals surface area contributed by atoms with Crippen LogP contribution in [0.4, 0.5) is 0 Å². The Morgan fingerprint density at radius 1 is 0.977 bits per heavy atom. The number of rotatable bonds is 8. The highest BCUT2D eigenvalue weighted by molar-refractivity contribution is 7.86. The predicted octanol–water partition coefficient (Wildman–Crippen LogP) is 6.32. The molecule has 0 aromatic heterocycles. The van der Waals surface area contributed by atoms with E-state index >= 15 is 0 Å². The number of Topliss-reactive ketones (excluding diaryl/α,β-unsaturated/α-hetero) is 1. The first kappa shape index (κ1) is 31.9. The topological polar surface area (TPSA) is 96.0 Å². The normalized spacial score (nSPS) is 36.0. The second kappa shape index (κ2) is 11.8. The summed E-state index contributed by atoms with van der Waals surface area (Å²) in [5.74, 6) is -0.506. The quantitative estimate of drug-likeness (QED) is 0.255. The molecule has 3 aliphatic rings. The summed E-state index contributed by atoms with van der Waals surface area (Å²) < 4.78 is 43.3. The largest absolute Gasteiger partial charge is 0.460 e. The van der Waals surface area contributed by atoms with Crippen LogP contribution in [0.3, 0.4) is 0 Å². The molecule has 5 rings (SSSR count). The molecule has 8 atom stereocenters. The minimum absolute atomic E-state index is 0.0154. The summed E-state index contributed by atoms with van der Waals surface area (Å²) in [6.45, 7) is 9.68. The Hall–Kier alpha value is -2.55. The molecule has 43 heavy (non-hydrogen) atoms. The molecule has 8 heteroatoms. The van der Waals surface area contributed by atoms with Gasteiger partial charge >= 0.3 is 5.97 Å². The van der Waals surface area contributed by atoms with Crippen LogP contribution < -0.4 is 0 Å². The van der Waals surface area contributed by atoms with Crippen molar-refractivity contribution in [1.82, 2.24) is 0 Å². The van der Waals surface area contributed by atoms with Crippen molar-refractivity contribution in [2.24, 2.45) is 34.0 Å². The van der Waals surface area contributed by atoms with Crippen molar-refractivity contribution in [1.29, 1.82) is 0 Å². The third-order valence-electron chi connectivity index (χ3n) is 11.5. The molecule has 0 spiro atoms. The van der Waals surface area contributed by atoms with Crippen molar-refractivity contribution in [2.75, 3.05) is 13.7 Å². The monoisotopic (exact) mass is 610 g/mol. The highest BCUT2D eigenvalue weighted by Crippen LogP contribution is 2.68. The first-order valence-electron chi connectivity index (χ1n) is 15.5. The molecule has 0 amide bonds. The molecule has 2 aromatic rings. The van der Waals surface area contributed by atoms with Crippen molar-refractivity contribution in [3.63, 3.8) is 0 Å². The van der Waals surface area contributed by atoms with Gasteiger partial charge in [0.05, 0.1) is 11.0 Å². The third-order valence-corrected chi connectivity index (χ3v) is 12.8. The SMILES string of the molecule is CO[C@@H]1CC[C@@]23CC[C@@H](C)[C@@](C)([C@H](OC(=O)COS(=O)(=O)c4ccc(C)cc4)C[C@@](C)(Cc4ccccc4)C(=O)[C@@H]2C)[C@@H]13. The molecule has 3 aliphatic carbocycles. The van der Waals surface area contributed by atoms with E-state index in [4.69, 9.17) is 13.7 Å². The average molecular weight is 611 g/mol. The summed E-state index contributed by atoms with van der Waals surface area (Å²) in [5.41, 5.74) is 0.433. The van der Waals surface area contributed by atoms with Crippen molar-refractivity contribution < 1.29 is 31.7 Å². The molecule has 3 saturated carbocycles. The van der Waals surface area contributed by atoms with Gasteiger partial charge in [0, 0.05) is 29.8 Å². The summed E-state index contributed by atoms with van der Waals surface area (Å²) in [7, 11) is -2.41. The Bertz CT molecular complexity index is 1440. The molecule has 0 aliphatic heterocycles. The fourth-order valence-corrected chi connectivity index (χ4v) is 9.82. The molecule has 0 N–H and O–H groups in total. The number of carbonyl (C=O) groups excluding carboxylic acids is 2. The second-order valence-corrected chi connectivity index (χ2v) is 15.5. The Morgan fingerprint density at radius 3 is 2.28 bits per heavy atom. The van der Waals surface area contributed by atoms with E-state index < -0.39 is 39.6 Å². The van der Waals surface area contributed by atoms with Crippen LogP contribution in [0.5, 0.6) is 0 Å². The van der Waals surface area contributed by atoms with Gasteiger partial charge in [0.1, 0.15) is 11.9 Å². The molecule has 2 aromatic carbocycles. The van der Waals surface area contributed by atoms with Crippen LogP contribution in [0.2, 0.25) is 0 Å². The zero-order chi connectivity index (χ0) is 31.2. The van der Waals surface area contributed by atoms with Gasteiger partial charge in [-0.25, -0.2) is 4.79 Å². The van der Waals surface area contributed by atoms with Gasteiger partial charge in [-0.15, -0.1) is 0 Å². The lowest BCUT2D eigenvalue weighted by Crippen LogP contribution is -2.63. The van der Waals surface area contributed by atoms with Crippen molar-refractivity contribution in [3.8, 4) is 0 Å². The number of aryl methyl sites for hydroxylation is 1. The van der Waals surface area contributed by atoms with Gasteiger partial charge in [-0.05, 0) is 74.5 Å². The Labute approximate surface area is 256 Å². The standard InChI is InChI=1S/C35H46O7S/c1-23-12-14-27(15-13-23)43(38,39)41-22-30(36)42-29-21-33(4,20-26-10-8-7-9-11-26)32(37)25(3)35-18-16-24(2)34(29,5)31(35)28(40-6)17-19-35/h7-15,24-25,28-29,31H,16-22H2,1-6H3/t24-,25+,28-,29-,31-,33-,34+,35+/m1/s1. The average Bonchev–Trinajstić information content (AvgIpc) is 3.38. The highest BCUT2D eigenvalue weighted by atomic mass is 32.2. The molecular weight excluding hydrogens is 564 g/mol. The van der Waals surface area contributed by atoms with Crippen LogP contribution in [0.15, 0.2) is 59.5 Å². The molecule has 0 saturated heterocycles. The van der Waals surface area contributed by atoms with Gasteiger partial charge in [0.15, 0.2) is 6.61 Å². The number of ketones is 1. The van der Waals surface area contributed by atoms with Crippen LogP contribution in [0.25, 0.3) is 0 Å². The molecule has 234 valence electrons. The van der Waals surface area contributed by atoms with Gasteiger partial charge in [0.2, 0.25) is 0 Å². The second-order valence-electron chi connectivity index (χ2n) is 13.9. The number of methoxy groups -OCH3 is 1. The summed E-state index contributed by atoms with van der Waals surface area (Å²) in [4.78, 5) is 28.1. The summed E-state index contributed by atoms with van der Waals surface area (Å²) in [6, 6.07) is 16.3. The van der Waals surface area contributed by atoms with Crippen LogP contribution in [-0.2, 0) is 39.8 Å². The lowest BCUT2D eigenvalue weighted by molar-refractivity contribution is -0.207. The van der Waals surface area contributed by atoms with Gasteiger partial charge in [-0.1, -0.05) is 75.7 Å². The van der Waals surface area contributed by atoms with E-state index in [1.165, 1.54) is 12.1 Å². The van der Waals surface area contributed by atoms with E-state index in [0.717, 1.165) is 36.8 Å². The summed E-state index contributed by atoms with van der Waals surface area (Å²) >= 11 is 0. The fraction of sp³-hybridized carbons (Fsp3) is 0.600. The number of esters is 1. The predicted molar refractivity (Wildman–Crippen MR) is 164 cm³/mol. The molecule has 3 fully saturated rings. The third kappa shape index (κ3) is 5.59. The number of carbonyl (C=O) groups is 2. The zero-order valence-electron chi connectivity index (χ0n) is 26.3. The molecule has 0 heterocycles. The van der Waals surface area contributed by atoms with E-state index in [2.05, 4.69) is 20.8 Å². The van der Waals surface area contributed by atoms with E-state index in [1.807, 2.05) is 44.2 Å². The van der Waals surface area contributed by atoms with Crippen LogP contribution in [0.1, 0.15) is 70.9 Å². The number of hydrogen-bond donors (Lipinski definition) is 0. The van der Waals surface area contributed by atoms with Crippen LogP contribution in [-0.4, -0.2) is 46.1 Å². The van der Waals surface area contributed by atoms with E-state index in [0.29, 0.717) is 12.8 Å². The first-order chi connectivity index (χ1) is 20.3. The molecule has 7 nitrogen and oxygen atoms in total. The molecule has 0 radical (unpaired) electrons. The molecule has 0 unspecified atom stereocenters. The Kier molecular flexibility index (Phi) is 8.71. The maximum atomic E-state index is 14.6. The van der Waals surface area contributed by atoms with E-state index in [1.54, 1.807) is 19.2 Å². The number of ether oxygens (including phenoxy) is 2. The smallest absolute Gasteiger partial charge is 0.333 e. The van der Waals surface area contributed by atoms with E-state index in [-0.39, 0.29) is 40.0 Å². The maximum Gasteiger partial charge on any atom is 0.333 e. The lowest BCUT2D eigenvalue weighted by atomic mass is 9.43. The van der Waals surface area contributed by atoms with Crippen LogP contribution >= 0.6 is 0 Å². The van der Waals surface area contributed by atoms with Crippen molar-refractivity contribution in [3.05, 3.63) is 65.7 Å². The Balaban J connectivity index is 1.51. The summed E-state index contributed by atoms with van der Waals surface area (Å²) in [5, 5.41) is 0. The van der Waals surface area contributed by atoms with Crippen molar-refractivity contribution in [2.45, 2.75) is 90.2 Å². The van der Waals surface area contributed by atoms with Gasteiger partial charge in [-0.2, -0.15) is 8.42 Å². The zero-order valence-corrected chi connectivity index (χ0v) is 27.1. The number of benzene rings is 2. The maximum absolute atomic E-state index is 14.6. The van der Waals surface area contributed by atoms with Crippen molar-refractivity contribution >= 4 is 21.9 Å². The lowest BCUT2D eigenvalue weighted by Gasteiger charge is -2.62. The summed E-state index contributed by atoms with van der Waals surface area (Å²) in [6.07, 6.45) is 3.78. The van der Waals surface area contributed by atoms with Gasteiger partial charge in [0.25, 0.3) is 10.1 Å². The van der Waals surface area contributed by atoms with Gasteiger partial charge in [-0.3, -0.25) is 8.98 Å².